The third-order valence-corrected chi connectivity index (χ3v) is 7.56. The summed E-state index contributed by atoms with van der Waals surface area (Å²) in [6.07, 6.45) is 7.59. The maximum Gasteiger partial charge on any atom is 0.300 e. The lowest BCUT2D eigenvalue weighted by Gasteiger charge is -2.34. The molecule has 0 spiro atoms. The lowest BCUT2D eigenvalue weighted by molar-refractivity contribution is -0.134. The van der Waals surface area contributed by atoms with Crippen LogP contribution < -0.4 is 19.3 Å². The van der Waals surface area contributed by atoms with Gasteiger partial charge in [0.2, 0.25) is 0 Å². The lowest BCUT2D eigenvalue weighted by Crippen LogP contribution is -2.38. The Bertz CT molecular complexity index is 983. The third-order valence-electron chi connectivity index (χ3n) is 7.56. The van der Waals surface area contributed by atoms with Gasteiger partial charge < -0.3 is 24.4 Å². The molecule has 2 heterocycles. The molecule has 196 valence electrons. The highest BCUT2D eigenvalue weighted by Crippen LogP contribution is 2.39. The molecule has 3 aliphatic rings. The van der Waals surface area contributed by atoms with E-state index in [1.54, 1.807) is 6.07 Å². The second kappa shape index (κ2) is 12.3. The van der Waals surface area contributed by atoms with Crippen molar-refractivity contribution in [1.82, 2.24) is 0 Å². The molecule has 1 aliphatic carbocycles. The Morgan fingerprint density at radius 1 is 0.944 bits per heavy atom. The van der Waals surface area contributed by atoms with Crippen molar-refractivity contribution in [3.63, 3.8) is 0 Å². The highest BCUT2D eigenvalue weighted by atomic mass is 19.1. The number of hydrogen-bond donors (Lipinski definition) is 1. The van der Waals surface area contributed by atoms with Crippen LogP contribution >= 0.6 is 0 Å². The fourth-order valence-corrected chi connectivity index (χ4v) is 5.45. The molecule has 36 heavy (non-hydrogen) atoms. The molecule has 0 aromatic heterocycles. The molecule has 6 nitrogen and oxygen atoms in total. The van der Waals surface area contributed by atoms with Gasteiger partial charge >= 0.3 is 0 Å². The number of piperidine rings is 1. The summed E-state index contributed by atoms with van der Waals surface area (Å²) in [5.41, 5.74) is 1.95. The van der Waals surface area contributed by atoms with E-state index in [1.807, 2.05) is 13.0 Å². The van der Waals surface area contributed by atoms with E-state index in [1.165, 1.54) is 50.5 Å². The standard InChI is InChI=1S/C27H35FN2O2.C2H4O2/c1-2-31-25-10-11-26(28)27(18-25)29-16-13-24(14-17-29)32-23-8-6-22(7-9-23)30-15-12-21(19-30)20-4-3-5-20;1-2(3)4/h6-11,18,20-21,24H,2-5,12-17,19H2,1H3;1H3,(H,3,4). The zero-order valence-corrected chi connectivity index (χ0v) is 21.5. The van der Waals surface area contributed by atoms with Gasteiger partial charge in [-0.05, 0) is 61.6 Å². The Labute approximate surface area is 214 Å². The van der Waals surface area contributed by atoms with Gasteiger partial charge in [0.25, 0.3) is 5.97 Å². The smallest absolute Gasteiger partial charge is 0.300 e. The number of ether oxygens (including phenoxy) is 2. The van der Waals surface area contributed by atoms with Crippen LogP contribution in [0.2, 0.25) is 0 Å². The molecule has 2 aliphatic heterocycles. The summed E-state index contributed by atoms with van der Waals surface area (Å²) in [4.78, 5) is 13.6. The molecule has 2 aromatic carbocycles. The van der Waals surface area contributed by atoms with Crippen LogP contribution in [0.3, 0.4) is 0 Å². The summed E-state index contributed by atoms with van der Waals surface area (Å²) >= 11 is 0. The quantitative estimate of drug-likeness (QED) is 0.506. The molecule has 1 unspecified atom stereocenters. The summed E-state index contributed by atoms with van der Waals surface area (Å²) in [5, 5.41) is 7.42. The minimum absolute atomic E-state index is 0.171. The number of nitrogens with zero attached hydrogens (tertiary/aromatic N) is 2. The topological polar surface area (TPSA) is 62.2 Å². The number of carbonyl (C=O) groups is 1. The fraction of sp³-hybridized carbons (Fsp3) is 0.552. The Morgan fingerprint density at radius 2 is 1.58 bits per heavy atom. The molecule has 1 N–H and O–H groups in total. The van der Waals surface area contributed by atoms with Gasteiger partial charge in [0.1, 0.15) is 23.4 Å². The Kier molecular flexibility index (Phi) is 8.94. The van der Waals surface area contributed by atoms with Crippen LogP contribution in [-0.4, -0.2) is 50.0 Å². The SMILES string of the molecule is CC(=O)O.CCOc1ccc(F)c(N2CCC(Oc3ccc(N4CCC(C5CCC5)C4)cc3)CC2)c1. The fourth-order valence-electron chi connectivity index (χ4n) is 5.45. The van der Waals surface area contributed by atoms with Crippen molar-refractivity contribution in [2.75, 3.05) is 42.6 Å². The van der Waals surface area contributed by atoms with Crippen LogP contribution in [0.25, 0.3) is 0 Å². The van der Waals surface area contributed by atoms with Crippen molar-refractivity contribution in [3.8, 4) is 11.5 Å². The van der Waals surface area contributed by atoms with Crippen LogP contribution in [-0.2, 0) is 4.79 Å². The molecule has 2 aromatic rings. The average molecular weight is 499 g/mol. The van der Waals surface area contributed by atoms with Crippen LogP contribution in [0, 0.1) is 17.7 Å². The first-order valence-electron chi connectivity index (χ1n) is 13.3. The summed E-state index contributed by atoms with van der Waals surface area (Å²) in [7, 11) is 0. The minimum atomic E-state index is -0.833. The summed E-state index contributed by atoms with van der Waals surface area (Å²) < 4.78 is 26.2. The molecule has 7 heteroatoms. The molecule has 1 atom stereocenters. The van der Waals surface area contributed by atoms with Crippen molar-refractivity contribution in [1.29, 1.82) is 0 Å². The predicted octanol–water partition coefficient (Wildman–Crippen LogP) is 5.99. The Morgan fingerprint density at radius 3 is 2.19 bits per heavy atom. The lowest BCUT2D eigenvalue weighted by atomic mass is 9.75. The first-order valence-corrected chi connectivity index (χ1v) is 13.3. The van der Waals surface area contributed by atoms with Crippen molar-refractivity contribution in [2.24, 2.45) is 11.8 Å². The maximum absolute atomic E-state index is 14.4. The highest BCUT2D eigenvalue weighted by Gasteiger charge is 2.32. The van der Waals surface area contributed by atoms with Crippen molar-refractivity contribution in [2.45, 2.75) is 58.5 Å². The zero-order valence-electron chi connectivity index (χ0n) is 21.5. The summed E-state index contributed by atoms with van der Waals surface area (Å²) in [5.74, 6) is 2.50. The molecule has 3 fully saturated rings. The second-order valence-corrected chi connectivity index (χ2v) is 10.0. The summed E-state index contributed by atoms with van der Waals surface area (Å²) in [6, 6.07) is 13.7. The molecule has 0 bridgehead atoms. The molecule has 2 saturated heterocycles. The largest absolute Gasteiger partial charge is 0.494 e. The Hall–Kier alpha value is -2.96. The van der Waals surface area contributed by atoms with E-state index in [0.717, 1.165) is 56.2 Å². The van der Waals surface area contributed by atoms with Crippen LogP contribution in [0.4, 0.5) is 15.8 Å². The van der Waals surface area contributed by atoms with Gasteiger partial charge in [-0.1, -0.05) is 19.3 Å². The Balaban J connectivity index is 0.000000709. The van der Waals surface area contributed by atoms with Crippen molar-refractivity contribution < 1.29 is 23.8 Å². The first kappa shape index (κ1) is 26.1. The molecule has 0 amide bonds. The van der Waals surface area contributed by atoms with Crippen molar-refractivity contribution >= 4 is 17.3 Å². The van der Waals surface area contributed by atoms with Gasteiger partial charge in [-0.15, -0.1) is 0 Å². The predicted molar refractivity (Wildman–Crippen MR) is 141 cm³/mol. The van der Waals surface area contributed by atoms with E-state index >= 15 is 0 Å². The number of aliphatic carboxylic acids is 1. The first-order chi connectivity index (χ1) is 17.4. The summed E-state index contributed by atoms with van der Waals surface area (Å²) in [6.45, 7) is 7.57. The van der Waals surface area contributed by atoms with Gasteiger partial charge in [-0.25, -0.2) is 4.39 Å². The number of anilines is 2. The van der Waals surface area contributed by atoms with E-state index in [4.69, 9.17) is 19.4 Å². The highest BCUT2D eigenvalue weighted by molar-refractivity contribution is 5.63. The van der Waals surface area contributed by atoms with E-state index in [-0.39, 0.29) is 11.9 Å². The second-order valence-electron chi connectivity index (χ2n) is 10.0. The zero-order chi connectivity index (χ0) is 25.5. The molecule has 1 saturated carbocycles. The van der Waals surface area contributed by atoms with Crippen molar-refractivity contribution in [3.05, 3.63) is 48.3 Å². The van der Waals surface area contributed by atoms with E-state index < -0.39 is 5.97 Å². The van der Waals surface area contributed by atoms with Gasteiger partial charge in [0, 0.05) is 57.7 Å². The van der Waals surface area contributed by atoms with Gasteiger partial charge in [-0.3, -0.25) is 4.79 Å². The number of benzene rings is 2. The molecule has 5 rings (SSSR count). The number of carboxylic acids is 1. The molecule has 0 radical (unpaired) electrons. The average Bonchev–Trinajstić information content (AvgIpc) is 3.29. The maximum atomic E-state index is 14.4. The van der Waals surface area contributed by atoms with E-state index in [0.29, 0.717) is 12.3 Å². The van der Waals surface area contributed by atoms with Gasteiger partial charge in [0.05, 0.1) is 12.3 Å². The van der Waals surface area contributed by atoms with Crippen LogP contribution in [0.1, 0.15) is 52.4 Å². The van der Waals surface area contributed by atoms with Gasteiger partial charge in [-0.2, -0.15) is 0 Å². The molecular formula is C29H39FN2O4. The number of carboxylic acid groups (broad SMARTS) is 1. The minimum Gasteiger partial charge on any atom is -0.494 e. The monoisotopic (exact) mass is 498 g/mol. The van der Waals surface area contributed by atoms with Crippen LogP contribution in [0.5, 0.6) is 11.5 Å². The normalized spacial score (nSPS) is 20.4. The van der Waals surface area contributed by atoms with Crippen LogP contribution in [0.15, 0.2) is 42.5 Å². The van der Waals surface area contributed by atoms with E-state index in [9.17, 15) is 4.39 Å². The van der Waals surface area contributed by atoms with E-state index in [2.05, 4.69) is 34.1 Å². The number of halogens is 1. The van der Waals surface area contributed by atoms with Gasteiger partial charge in [0.15, 0.2) is 0 Å². The number of hydrogen-bond acceptors (Lipinski definition) is 5. The third kappa shape index (κ3) is 6.83. The molecular weight excluding hydrogens is 459 g/mol. The number of rotatable bonds is 7.